The van der Waals surface area contributed by atoms with Crippen molar-refractivity contribution in [1.29, 1.82) is 0 Å². The van der Waals surface area contributed by atoms with E-state index in [2.05, 4.69) is 63.0 Å². The van der Waals surface area contributed by atoms with Gasteiger partial charge in [0.05, 0.1) is 5.76 Å². The fourth-order valence-electron chi connectivity index (χ4n) is 1.56. The first-order valence-electron chi connectivity index (χ1n) is 5.89. The largest absolute Gasteiger partial charge is 0.548 e. The van der Waals surface area contributed by atoms with Crippen molar-refractivity contribution >= 4 is 8.32 Å². The van der Waals surface area contributed by atoms with E-state index in [4.69, 9.17) is 4.43 Å². The van der Waals surface area contributed by atoms with E-state index in [9.17, 15) is 0 Å². The van der Waals surface area contributed by atoms with Crippen LogP contribution in [-0.4, -0.2) is 8.32 Å². The van der Waals surface area contributed by atoms with E-state index >= 15 is 0 Å². The summed E-state index contributed by atoms with van der Waals surface area (Å²) < 4.78 is 6.01. The predicted molar refractivity (Wildman–Crippen MR) is 73.0 cm³/mol. The zero-order chi connectivity index (χ0) is 12.0. The highest BCUT2D eigenvalue weighted by Crippen LogP contribution is 2.16. The molecule has 0 aliphatic rings. The Balaban J connectivity index is 2.48. The molecular weight excluding hydrogens is 212 g/mol. The molecule has 1 aromatic rings. The van der Waals surface area contributed by atoms with Crippen molar-refractivity contribution < 1.29 is 4.43 Å². The Morgan fingerprint density at radius 3 is 2.31 bits per heavy atom. The molecule has 0 spiro atoms. The van der Waals surface area contributed by atoms with E-state index in [0.717, 1.165) is 18.6 Å². The zero-order valence-electron chi connectivity index (χ0n) is 10.8. The van der Waals surface area contributed by atoms with E-state index in [1.54, 1.807) is 0 Å². The van der Waals surface area contributed by atoms with Crippen LogP contribution in [0.4, 0.5) is 0 Å². The molecule has 0 fully saturated rings. The molecule has 16 heavy (non-hydrogen) atoms. The molecule has 0 bridgehead atoms. The average molecular weight is 234 g/mol. The van der Waals surface area contributed by atoms with E-state index in [0.29, 0.717) is 0 Å². The van der Waals surface area contributed by atoms with Crippen molar-refractivity contribution in [1.82, 2.24) is 0 Å². The lowest BCUT2D eigenvalue weighted by Gasteiger charge is -2.21. The molecule has 0 atom stereocenters. The number of hydrogen-bond donors (Lipinski definition) is 0. The standard InChI is InChI=1S/C14H22OSi/c1-5-14(15-16(2,3)4)12-11-13-9-7-6-8-10-13/h5-10H,11-12H2,1-4H3. The summed E-state index contributed by atoms with van der Waals surface area (Å²) in [5, 5.41) is 0. The topological polar surface area (TPSA) is 9.23 Å². The van der Waals surface area contributed by atoms with Gasteiger partial charge in [0.15, 0.2) is 0 Å². The second-order valence-electron chi connectivity index (χ2n) is 4.96. The van der Waals surface area contributed by atoms with Crippen LogP contribution in [0, 0.1) is 0 Å². The van der Waals surface area contributed by atoms with Crippen molar-refractivity contribution in [2.45, 2.75) is 39.4 Å². The molecule has 1 rings (SSSR count). The van der Waals surface area contributed by atoms with Gasteiger partial charge in [-0.1, -0.05) is 36.4 Å². The molecule has 2 heteroatoms. The molecule has 0 saturated carbocycles. The minimum Gasteiger partial charge on any atom is -0.548 e. The smallest absolute Gasteiger partial charge is 0.241 e. The minimum atomic E-state index is -1.45. The van der Waals surface area contributed by atoms with Gasteiger partial charge in [-0.25, -0.2) is 0 Å². The fraction of sp³-hybridized carbons (Fsp3) is 0.429. The summed E-state index contributed by atoms with van der Waals surface area (Å²) in [6, 6.07) is 10.6. The van der Waals surface area contributed by atoms with Crippen LogP contribution in [0.5, 0.6) is 0 Å². The second-order valence-corrected chi connectivity index (χ2v) is 9.38. The lowest BCUT2D eigenvalue weighted by Crippen LogP contribution is -2.24. The Labute approximate surface area is 100 Å². The lowest BCUT2D eigenvalue weighted by molar-refractivity contribution is 0.398. The van der Waals surface area contributed by atoms with Gasteiger partial charge < -0.3 is 4.43 Å². The molecule has 1 nitrogen and oxygen atoms in total. The highest BCUT2D eigenvalue weighted by molar-refractivity contribution is 6.70. The summed E-state index contributed by atoms with van der Waals surface area (Å²) >= 11 is 0. The predicted octanol–water partition coefficient (Wildman–Crippen LogP) is 4.37. The highest BCUT2D eigenvalue weighted by atomic mass is 28.4. The monoisotopic (exact) mass is 234 g/mol. The van der Waals surface area contributed by atoms with Gasteiger partial charge in [-0.05, 0) is 38.5 Å². The molecule has 0 unspecified atom stereocenters. The maximum absolute atomic E-state index is 6.01. The lowest BCUT2D eigenvalue weighted by atomic mass is 10.1. The third kappa shape index (κ3) is 5.17. The Bertz CT molecular complexity index is 336. The third-order valence-electron chi connectivity index (χ3n) is 2.26. The summed E-state index contributed by atoms with van der Waals surface area (Å²) in [5.74, 6) is 1.14. The van der Waals surface area contributed by atoms with Crippen molar-refractivity contribution in [3.05, 3.63) is 47.7 Å². The van der Waals surface area contributed by atoms with Crippen molar-refractivity contribution in [2.24, 2.45) is 0 Å². The Morgan fingerprint density at radius 1 is 1.19 bits per heavy atom. The van der Waals surface area contributed by atoms with Gasteiger partial charge in [-0.3, -0.25) is 0 Å². The van der Waals surface area contributed by atoms with E-state index in [1.165, 1.54) is 5.56 Å². The van der Waals surface area contributed by atoms with Gasteiger partial charge in [-0.2, -0.15) is 0 Å². The van der Waals surface area contributed by atoms with Crippen LogP contribution >= 0.6 is 0 Å². The van der Waals surface area contributed by atoms with Gasteiger partial charge >= 0.3 is 0 Å². The van der Waals surface area contributed by atoms with Crippen LogP contribution in [0.3, 0.4) is 0 Å². The van der Waals surface area contributed by atoms with Crippen LogP contribution in [0.25, 0.3) is 0 Å². The third-order valence-corrected chi connectivity index (χ3v) is 3.14. The van der Waals surface area contributed by atoms with Crippen LogP contribution < -0.4 is 0 Å². The van der Waals surface area contributed by atoms with Crippen LogP contribution in [0.1, 0.15) is 18.9 Å². The maximum atomic E-state index is 6.01. The molecule has 0 radical (unpaired) electrons. The Morgan fingerprint density at radius 2 is 1.81 bits per heavy atom. The number of hydrogen-bond acceptors (Lipinski definition) is 1. The minimum absolute atomic E-state index is 1.00. The van der Waals surface area contributed by atoms with Crippen molar-refractivity contribution in [2.75, 3.05) is 0 Å². The van der Waals surface area contributed by atoms with Crippen LogP contribution in [0.2, 0.25) is 19.6 Å². The van der Waals surface area contributed by atoms with Gasteiger partial charge in [0.25, 0.3) is 0 Å². The number of rotatable bonds is 5. The van der Waals surface area contributed by atoms with Gasteiger partial charge in [0.2, 0.25) is 8.32 Å². The summed E-state index contributed by atoms with van der Waals surface area (Å²) in [7, 11) is -1.45. The Hall–Kier alpha value is -1.02. The first-order chi connectivity index (χ1) is 7.51. The molecule has 0 N–H and O–H groups in total. The molecular formula is C14H22OSi. The summed E-state index contributed by atoms with van der Waals surface area (Å²) in [6.45, 7) is 8.72. The quantitative estimate of drug-likeness (QED) is 0.543. The highest BCUT2D eigenvalue weighted by Gasteiger charge is 2.16. The fourth-order valence-corrected chi connectivity index (χ4v) is 2.57. The number of allylic oxidation sites excluding steroid dienone is 2. The van der Waals surface area contributed by atoms with Crippen LogP contribution in [-0.2, 0) is 10.8 Å². The second kappa shape index (κ2) is 5.90. The van der Waals surface area contributed by atoms with Gasteiger partial charge in [0.1, 0.15) is 0 Å². The van der Waals surface area contributed by atoms with Gasteiger partial charge in [-0.15, -0.1) is 0 Å². The SMILES string of the molecule is CC=C(CCc1ccccc1)O[Si](C)(C)C. The van der Waals surface area contributed by atoms with Crippen LogP contribution in [0.15, 0.2) is 42.2 Å². The maximum Gasteiger partial charge on any atom is 0.241 e. The average Bonchev–Trinajstić information content (AvgIpc) is 2.24. The van der Waals surface area contributed by atoms with Gasteiger partial charge in [0, 0.05) is 6.42 Å². The first-order valence-corrected chi connectivity index (χ1v) is 9.30. The van der Waals surface area contributed by atoms with E-state index in [-0.39, 0.29) is 0 Å². The summed E-state index contributed by atoms with van der Waals surface area (Å²) in [6.07, 6.45) is 4.16. The molecule has 88 valence electrons. The first kappa shape index (κ1) is 13.0. The summed E-state index contributed by atoms with van der Waals surface area (Å²) in [4.78, 5) is 0. The van der Waals surface area contributed by atoms with E-state index < -0.39 is 8.32 Å². The summed E-state index contributed by atoms with van der Waals surface area (Å²) in [5.41, 5.74) is 1.38. The molecule has 0 aromatic heterocycles. The van der Waals surface area contributed by atoms with E-state index in [1.807, 2.05) is 0 Å². The zero-order valence-corrected chi connectivity index (χ0v) is 11.8. The Kier molecular flexibility index (Phi) is 4.81. The normalized spacial score (nSPS) is 12.6. The molecule has 1 aromatic carbocycles. The number of aryl methyl sites for hydroxylation is 1. The molecule has 0 aliphatic carbocycles. The van der Waals surface area contributed by atoms with Crippen molar-refractivity contribution in [3.63, 3.8) is 0 Å². The van der Waals surface area contributed by atoms with Crippen molar-refractivity contribution in [3.8, 4) is 0 Å². The molecule has 0 saturated heterocycles. The number of benzene rings is 1. The molecule has 0 aliphatic heterocycles. The molecule has 0 amide bonds. The molecule has 0 heterocycles.